The van der Waals surface area contributed by atoms with E-state index in [1.54, 1.807) is 7.11 Å². The lowest BCUT2D eigenvalue weighted by atomic mass is 9.90. The van der Waals surface area contributed by atoms with E-state index in [2.05, 4.69) is 27.8 Å². The second-order valence-electron chi connectivity index (χ2n) is 5.48. The van der Waals surface area contributed by atoms with E-state index in [9.17, 15) is 5.11 Å². The molecule has 112 valence electrons. The molecule has 2 unspecified atom stereocenters. The molecule has 1 aliphatic rings. The number of halogens is 1. The minimum absolute atomic E-state index is 0.156. The predicted octanol–water partition coefficient (Wildman–Crippen LogP) is 2.72. The third-order valence-corrected chi connectivity index (χ3v) is 4.72. The number of ether oxygens (including phenoxy) is 1. The van der Waals surface area contributed by atoms with Crippen LogP contribution < -0.4 is 10.5 Å². The van der Waals surface area contributed by atoms with Crippen LogP contribution in [0.15, 0.2) is 16.6 Å². The normalized spacial score (nSPS) is 23.8. The Morgan fingerprint density at radius 1 is 1.50 bits per heavy atom. The van der Waals surface area contributed by atoms with Crippen molar-refractivity contribution in [1.29, 1.82) is 0 Å². The first-order valence-electron chi connectivity index (χ1n) is 7.08. The Morgan fingerprint density at radius 2 is 2.25 bits per heavy atom. The van der Waals surface area contributed by atoms with Gasteiger partial charge in [0.25, 0.3) is 0 Å². The third kappa shape index (κ3) is 3.45. The Labute approximate surface area is 129 Å². The van der Waals surface area contributed by atoms with Gasteiger partial charge in [-0.15, -0.1) is 0 Å². The second-order valence-corrected chi connectivity index (χ2v) is 6.34. The molecular formula is C15H23BrN2O2. The van der Waals surface area contributed by atoms with E-state index in [0.29, 0.717) is 22.2 Å². The van der Waals surface area contributed by atoms with E-state index < -0.39 is 0 Å². The van der Waals surface area contributed by atoms with Crippen molar-refractivity contribution in [2.75, 3.05) is 20.2 Å². The summed E-state index contributed by atoms with van der Waals surface area (Å²) in [6.45, 7) is 5.13. The molecule has 1 saturated heterocycles. The number of nitrogens with zero attached hydrogens (tertiary/aromatic N) is 1. The van der Waals surface area contributed by atoms with Crippen molar-refractivity contribution in [3.8, 4) is 11.5 Å². The average Bonchev–Trinajstić information content (AvgIpc) is 2.44. The fourth-order valence-electron chi connectivity index (χ4n) is 2.83. The monoisotopic (exact) mass is 342 g/mol. The van der Waals surface area contributed by atoms with Crippen LogP contribution in [0.25, 0.3) is 0 Å². The summed E-state index contributed by atoms with van der Waals surface area (Å²) in [5, 5.41) is 9.84. The molecule has 2 rings (SSSR count). The van der Waals surface area contributed by atoms with Crippen molar-refractivity contribution in [1.82, 2.24) is 4.90 Å². The van der Waals surface area contributed by atoms with Gasteiger partial charge in [-0.05, 0) is 52.5 Å². The molecule has 0 aromatic heterocycles. The third-order valence-electron chi connectivity index (χ3n) is 4.12. The highest BCUT2D eigenvalue weighted by Gasteiger charge is 2.25. The van der Waals surface area contributed by atoms with Crippen molar-refractivity contribution in [3.05, 3.63) is 22.2 Å². The summed E-state index contributed by atoms with van der Waals surface area (Å²) in [6.07, 6.45) is 2.18. The molecule has 0 bridgehead atoms. The molecule has 20 heavy (non-hydrogen) atoms. The molecule has 1 aliphatic heterocycles. The summed E-state index contributed by atoms with van der Waals surface area (Å²) in [5.41, 5.74) is 7.28. The lowest BCUT2D eigenvalue weighted by molar-refractivity contribution is 0.145. The molecule has 0 amide bonds. The minimum Gasteiger partial charge on any atom is -0.503 e. The van der Waals surface area contributed by atoms with Crippen molar-refractivity contribution < 1.29 is 9.84 Å². The molecular weight excluding hydrogens is 320 g/mol. The van der Waals surface area contributed by atoms with Crippen LogP contribution in [0.1, 0.15) is 25.3 Å². The highest BCUT2D eigenvalue weighted by Crippen LogP contribution is 2.35. The van der Waals surface area contributed by atoms with Gasteiger partial charge in [0, 0.05) is 19.1 Å². The quantitative estimate of drug-likeness (QED) is 0.883. The van der Waals surface area contributed by atoms with Crippen LogP contribution in [0.2, 0.25) is 0 Å². The number of piperidine rings is 1. The first kappa shape index (κ1) is 15.6. The molecule has 0 radical (unpaired) electrons. The zero-order valence-electron chi connectivity index (χ0n) is 12.1. The molecule has 1 fully saturated rings. The van der Waals surface area contributed by atoms with Crippen LogP contribution in [-0.2, 0) is 6.54 Å². The number of likely N-dealkylation sites (tertiary alicyclic amines) is 1. The number of aromatic hydroxyl groups is 1. The summed E-state index contributed by atoms with van der Waals surface area (Å²) < 4.78 is 5.87. The van der Waals surface area contributed by atoms with Crippen LogP contribution in [0.4, 0.5) is 0 Å². The second kappa shape index (κ2) is 6.78. The van der Waals surface area contributed by atoms with E-state index >= 15 is 0 Å². The fourth-order valence-corrected chi connectivity index (χ4v) is 3.32. The first-order chi connectivity index (χ1) is 9.55. The van der Waals surface area contributed by atoms with Crippen molar-refractivity contribution >= 4 is 15.9 Å². The van der Waals surface area contributed by atoms with Crippen LogP contribution in [0, 0.1) is 5.92 Å². The van der Waals surface area contributed by atoms with Crippen LogP contribution in [0.3, 0.4) is 0 Å². The highest BCUT2D eigenvalue weighted by molar-refractivity contribution is 9.10. The average molecular weight is 343 g/mol. The molecule has 1 heterocycles. The molecule has 3 N–H and O–H groups in total. The van der Waals surface area contributed by atoms with Crippen molar-refractivity contribution in [2.45, 2.75) is 32.4 Å². The van der Waals surface area contributed by atoms with Crippen molar-refractivity contribution in [2.24, 2.45) is 11.7 Å². The summed E-state index contributed by atoms with van der Waals surface area (Å²) in [5.74, 6) is 1.24. The van der Waals surface area contributed by atoms with Gasteiger partial charge in [0.2, 0.25) is 0 Å². The largest absolute Gasteiger partial charge is 0.503 e. The molecule has 2 atom stereocenters. The van der Waals surface area contributed by atoms with Crippen molar-refractivity contribution in [3.63, 3.8) is 0 Å². The smallest absolute Gasteiger partial charge is 0.172 e. The maximum absolute atomic E-state index is 9.84. The summed E-state index contributed by atoms with van der Waals surface area (Å²) in [7, 11) is 1.57. The summed E-state index contributed by atoms with van der Waals surface area (Å²) in [6, 6.07) is 4.18. The standard InChI is InChI=1S/C15H23BrN2O2/c1-3-11-9-18(5-4-13(11)17)8-10-6-12(16)15(19)14(7-10)20-2/h6-7,11,13,19H,3-5,8-9,17H2,1-2H3. The SMILES string of the molecule is CCC1CN(Cc2cc(Br)c(O)c(OC)c2)CCC1N. The van der Waals surface area contributed by atoms with Gasteiger partial charge in [0.1, 0.15) is 0 Å². The zero-order valence-corrected chi connectivity index (χ0v) is 13.7. The van der Waals surface area contributed by atoms with Gasteiger partial charge in [-0.2, -0.15) is 0 Å². The van der Waals surface area contributed by atoms with E-state index in [4.69, 9.17) is 10.5 Å². The molecule has 1 aromatic carbocycles. The topological polar surface area (TPSA) is 58.7 Å². The maximum atomic E-state index is 9.84. The van der Waals surface area contributed by atoms with E-state index in [1.807, 2.05) is 12.1 Å². The van der Waals surface area contributed by atoms with E-state index in [-0.39, 0.29) is 5.75 Å². The molecule has 0 spiro atoms. The summed E-state index contributed by atoms with van der Waals surface area (Å²) in [4.78, 5) is 2.43. The minimum atomic E-state index is 0.156. The Hall–Kier alpha value is -0.780. The maximum Gasteiger partial charge on any atom is 0.172 e. The number of hydrogen-bond donors (Lipinski definition) is 2. The molecule has 1 aromatic rings. The number of phenolic OH excluding ortho intramolecular Hbond substituents is 1. The van der Waals surface area contributed by atoms with Crippen LogP contribution >= 0.6 is 15.9 Å². The van der Waals surface area contributed by atoms with Gasteiger partial charge >= 0.3 is 0 Å². The van der Waals surface area contributed by atoms with Gasteiger partial charge in [-0.1, -0.05) is 13.3 Å². The van der Waals surface area contributed by atoms with Gasteiger partial charge in [0.05, 0.1) is 11.6 Å². The molecule has 5 heteroatoms. The highest BCUT2D eigenvalue weighted by atomic mass is 79.9. The number of methoxy groups -OCH3 is 1. The number of benzene rings is 1. The van der Waals surface area contributed by atoms with E-state index in [1.165, 1.54) is 0 Å². The Balaban J connectivity index is 2.08. The van der Waals surface area contributed by atoms with Crippen LogP contribution in [0.5, 0.6) is 11.5 Å². The number of rotatable bonds is 4. The fraction of sp³-hybridized carbons (Fsp3) is 0.600. The lowest BCUT2D eigenvalue weighted by Gasteiger charge is -2.36. The number of phenols is 1. The van der Waals surface area contributed by atoms with Gasteiger partial charge in [-0.3, -0.25) is 4.90 Å². The Kier molecular flexibility index (Phi) is 5.29. The van der Waals surface area contributed by atoms with Crippen LogP contribution in [-0.4, -0.2) is 36.2 Å². The first-order valence-corrected chi connectivity index (χ1v) is 7.87. The molecule has 0 saturated carbocycles. The number of hydrogen-bond acceptors (Lipinski definition) is 4. The summed E-state index contributed by atoms with van der Waals surface area (Å²) >= 11 is 3.37. The lowest BCUT2D eigenvalue weighted by Crippen LogP contribution is -2.46. The van der Waals surface area contributed by atoms with Gasteiger partial charge in [-0.25, -0.2) is 0 Å². The molecule has 0 aliphatic carbocycles. The predicted molar refractivity (Wildman–Crippen MR) is 84.0 cm³/mol. The van der Waals surface area contributed by atoms with Gasteiger partial charge in [0.15, 0.2) is 11.5 Å². The molecule has 4 nitrogen and oxygen atoms in total. The van der Waals surface area contributed by atoms with E-state index in [0.717, 1.165) is 38.0 Å². The van der Waals surface area contributed by atoms with Gasteiger partial charge < -0.3 is 15.6 Å². The Morgan fingerprint density at radius 3 is 2.90 bits per heavy atom. The zero-order chi connectivity index (χ0) is 14.7. The Bertz CT molecular complexity index is 467. The number of nitrogens with two attached hydrogens (primary N) is 1.